The quantitative estimate of drug-likeness (QED) is 0.389. The van der Waals surface area contributed by atoms with Crippen molar-refractivity contribution in [3.05, 3.63) is 20.8 Å². The van der Waals surface area contributed by atoms with Crippen LogP contribution in [0.3, 0.4) is 0 Å². The second-order valence-corrected chi connectivity index (χ2v) is 11.7. The third-order valence-electron chi connectivity index (χ3n) is 8.11. The average molecular weight is 503 g/mol. The van der Waals surface area contributed by atoms with E-state index in [1.54, 1.807) is 0 Å². The molecule has 1 aromatic heterocycles. The molecule has 4 aliphatic carbocycles. The summed E-state index contributed by atoms with van der Waals surface area (Å²) >= 11 is 0. The number of hydrogen-bond donors (Lipinski definition) is 4. The number of rotatable bonds is 10. The standard InChI is InChI=1S/C26H42N6O4/c1-4-5-8-31(21-22(27)32(15-16(2)3)25(36)29-23(21)34)20(33)6-7-28-24(35)30-26-12-17-9-18(13-26)11-19(10-17)14-26/h16-19H,4-15,27H2,1-3H3,(H2,28,30,35)(H,29,34,36). The van der Waals surface area contributed by atoms with Gasteiger partial charge < -0.3 is 21.3 Å². The summed E-state index contributed by atoms with van der Waals surface area (Å²) in [7, 11) is 0. The van der Waals surface area contributed by atoms with Crippen LogP contribution in [0.5, 0.6) is 0 Å². The number of hydrogen-bond acceptors (Lipinski definition) is 5. The van der Waals surface area contributed by atoms with Gasteiger partial charge in [0.15, 0.2) is 5.69 Å². The van der Waals surface area contributed by atoms with Crippen molar-refractivity contribution in [1.82, 2.24) is 20.2 Å². The van der Waals surface area contributed by atoms with Crippen molar-refractivity contribution >= 4 is 23.4 Å². The largest absolute Gasteiger partial charge is 0.383 e. The van der Waals surface area contributed by atoms with Crippen molar-refractivity contribution in [3.63, 3.8) is 0 Å². The Bertz CT molecular complexity index is 1060. The molecule has 1 heterocycles. The van der Waals surface area contributed by atoms with Crippen molar-refractivity contribution in [1.29, 1.82) is 0 Å². The van der Waals surface area contributed by atoms with Crippen LogP contribution in [0.4, 0.5) is 16.3 Å². The van der Waals surface area contributed by atoms with E-state index in [4.69, 9.17) is 5.73 Å². The maximum Gasteiger partial charge on any atom is 0.330 e. The number of nitrogens with one attached hydrogen (secondary N) is 3. The Morgan fingerprint density at radius 1 is 1.14 bits per heavy atom. The van der Waals surface area contributed by atoms with E-state index in [1.807, 2.05) is 20.8 Å². The molecule has 0 unspecified atom stereocenters. The smallest absolute Gasteiger partial charge is 0.330 e. The molecule has 4 fully saturated rings. The number of nitrogen functional groups attached to an aromatic ring is 1. The molecule has 1 aromatic rings. The molecule has 0 spiro atoms. The van der Waals surface area contributed by atoms with E-state index in [9.17, 15) is 19.2 Å². The molecule has 4 saturated carbocycles. The van der Waals surface area contributed by atoms with Crippen molar-refractivity contribution < 1.29 is 9.59 Å². The topological polar surface area (TPSA) is 142 Å². The summed E-state index contributed by atoms with van der Waals surface area (Å²) < 4.78 is 1.31. The zero-order chi connectivity index (χ0) is 26.0. The lowest BCUT2D eigenvalue weighted by Crippen LogP contribution is -2.61. The molecule has 200 valence electrons. The summed E-state index contributed by atoms with van der Waals surface area (Å²) in [5.41, 5.74) is 4.91. The number of anilines is 2. The number of aromatic nitrogens is 2. The Kier molecular flexibility index (Phi) is 7.80. The highest BCUT2D eigenvalue weighted by Gasteiger charge is 2.51. The summed E-state index contributed by atoms with van der Waals surface area (Å²) in [6, 6.07) is -0.229. The predicted molar refractivity (Wildman–Crippen MR) is 140 cm³/mol. The molecule has 10 nitrogen and oxygen atoms in total. The molecule has 0 saturated heterocycles. The van der Waals surface area contributed by atoms with E-state index in [0.717, 1.165) is 43.4 Å². The van der Waals surface area contributed by atoms with Gasteiger partial charge in [-0.3, -0.25) is 19.1 Å². The number of nitrogens with two attached hydrogens (primary N) is 1. The number of unbranched alkanes of at least 4 members (excludes halogenated alkanes) is 1. The van der Waals surface area contributed by atoms with Gasteiger partial charge in [0.2, 0.25) is 5.91 Å². The van der Waals surface area contributed by atoms with Crippen LogP contribution < -0.4 is 32.5 Å². The van der Waals surface area contributed by atoms with Crippen LogP contribution in [-0.2, 0) is 11.3 Å². The summed E-state index contributed by atoms with van der Waals surface area (Å²) in [6.07, 6.45) is 8.61. The molecule has 36 heavy (non-hydrogen) atoms. The number of aromatic amines is 1. The molecule has 0 radical (unpaired) electrons. The first-order valence-electron chi connectivity index (χ1n) is 13.6. The third-order valence-corrected chi connectivity index (χ3v) is 8.11. The number of carbonyl (C=O) groups is 2. The average Bonchev–Trinajstić information content (AvgIpc) is 2.77. The number of carbonyl (C=O) groups excluding carboxylic acids is 2. The molecule has 3 amide bonds. The first-order valence-corrected chi connectivity index (χ1v) is 13.6. The van der Waals surface area contributed by atoms with Gasteiger partial charge in [-0.15, -0.1) is 0 Å². The third kappa shape index (κ3) is 5.62. The fraction of sp³-hybridized carbons (Fsp3) is 0.769. The highest BCUT2D eigenvalue weighted by Crippen LogP contribution is 2.55. The zero-order valence-electron chi connectivity index (χ0n) is 21.9. The number of urea groups is 1. The van der Waals surface area contributed by atoms with Crippen LogP contribution in [0, 0.1) is 23.7 Å². The van der Waals surface area contributed by atoms with Crippen molar-refractivity contribution in [2.45, 2.75) is 90.6 Å². The molecular formula is C26H42N6O4. The van der Waals surface area contributed by atoms with E-state index in [-0.39, 0.29) is 47.9 Å². The highest BCUT2D eigenvalue weighted by atomic mass is 16.2. The van der Waals surface area contributed by atoms with Crippen LogP contribution in [0.15, 0.2) is 9.59 Å². The fourth-order valence-electron chi connectivity index (χ4n) is 7.03. The Morgan fingerprint density at radius 3 is 2.31 bits per heavy atom. The zero-order valence-corrected chi connectivity index (χ0v) is 21.9. The number of nitrogens with zero attached hydrogens (tertiary/aromatic N) is 2. The lowest BCUT2D eigenvalue weighted by atomic mass is 9.53. The second-order valence-electron chi connectivity index (χ2n) is 11.7. The molecule has 0 aliphatic heterocycles. The predicted octanol–water partition coefficient (Wildman–Crippen LogP) is 2.57. The van der Waals surface area contributed by atoms with Gasteiger partial charge in [-0.2, -0.15) is 0 Å². The second kappa shape index (κ2) is 10.7. The van der Waals surface area contributed by atoms with Crippen LogP contribution in [0.2, 0.25) is 0 Å². The summed E-state index contributed by atoms with van der Waals surface area (Å²) in [5.74, 6) is 1.99. The SMILES string of the molecule is CCCCN(C(=O)CCNC(=O)NC12CC3CC(CC(C3)C1)C2)c1c(N)n(CC(C)C)c(=O)[nH]c1=O. The van der Waals surface area contributed by atoms with E-state index in [0.29, 0.717) is 19.5 Å². The Hall–Kier alpha value is -2.78. The summed E-state index contributed by atoms with van der Waals surface area (Å²) in [6.45, 7) is 6.67. The lowest BCUT2D eigenvalue weighted by molar-refractivity contribution is -0.118. The van der Waals surface area contributed by atoms with Gasteiger partial charge in [-0.1, -0.05) is 27.2 Å². The van der Waals surface area contributed by atoms with Gasteiger partial charge in [-0.05, 0) is 68.6 Å². The van der Waals surface area contributed by atoms with Crippen LogP contribution in [0.25, 0.3) is 0 Å². The first-order chi connectivity index (χ1) is 17.1. The molecule has 4 bridgehead atoms. The van der Waals surface area contributed by atoms with Gasteiger partial charge in [0.05, 0.1) is 0 Å². The minimum atomic E-state index is -0.672. The van der Waals surface area contributed by atoms with E-state index in [1.165, 1.54) is 28.7 Å². The highest BCUT2D eigenvalue weighted by molar-refractivity contribution is 5.95. The molecule has 0 aromatic carbocycles. The Morgan fingerprint density at radius 2 is 1.75 bits per heavy atom. The maximum atomic E-state index is 13.2. The van der Waals surface area contributed by atoms with Crippen molar-refractivity contribution in [2.75, 3.05) is 23.7 Å². The fourth-order valence-corrected chi connectivity index (χ4v) is 7.03. The van der Waals surface area contributed by atoms with Gasteiger partial charge in [0.1, 0.15) is 5.82 Å². The van der Waals surface area contributed by atoms with Crippen molar-refractivity contribution in [3.8, 4) is 0 Å². The number of H-pyrrole nitrogens is 1. The van der Waals surface area contributed by atoms with Crippen LogP contribution >= 0.6 is 0 Å². The van der Waals surface area contributed by atoms with Crippen LogP contribution in [-0.4, -0.2) is 40.1 Å². The van der Waals surface area contributed by atoms with Gasteiger partial charge in [0.25, 0.3) is 5.56 Å². The van der Waals surface area contributed by atoms with Gasteiger partial charge in [-0.25, -0.2) is 9.59 Å². The van der Waals surface area contributed by atoms with Crippen molar-refractivity contribution in [2.24, 2.45) is 23.7 Å². The molecule has 4 aliphatic rings. The Balaban J connectivity index is 1.40. The monoisotopic (exact) mass is 502 g/mol. The van der Waals surface area contributed by atoms with E-state index < -0.39 is 11.2 Å². The van der Waals surface area contributed by atoms with Gasteiger partial charge in [0, 0.05) is 31.6 Å². The molecule has 10 heteroatoms. The van der Waals surface area contributed by atoms with E-state index >= 15 is 0 Å². The van der Waals surface area contributed by atoms with Crippen LogP contribution in [0.1, 0.15) is 78.6 Å². The summed E-state index contributed by atoms with van der Waals surface area (Å²) in [5, 5.41) is 6.11. The molecule has 5 rings (SSSR count). The number of amides is 3. The minimum Gasteiger partial charge on any atom is -0.383 e. The van der Waals surface area contributed by atoms with Gasteiger partial charge >= 0.3 is 11.7 Å². The molecular weight excluding hydrogens is 460 g/mol. The minimum absolute atomic E-state index is 0.00517. The van der Waals surface area contributed by atoms with E-state index in [2.05, 4.69) is 15.6 Å². The Labute approximate surface area is 212 Å². The first kappa shape index (κ1) is 26.3. The summed E-state index contributed by atoms with van der Waals surface area (Å²) in [4.78, 5) is 54.7. The molecule has 0 atom stereocenters. The normalized spacial score (nSPS) is 26.3. The maximum absolute atomic E-state index is 13.2. The lowest BCUT2D eigenvalue weighted by Gasteiger charge is -2.56. The molecule has 5 N–H and O–H groups in total.